The molecule has 4 rings (SSSR count). The molecule has 2 heterocycles. The first-order chi connectivity index (χ1) is 13.2. The third kappa shape index (κ3) is 3.63. The van der Waals surface area contributed by atoms with Crippen LogP contribution in [-0.2, 0) is 13.2 Å². The van der Waals surface area contributed by atoms with E-state index < -0.39 is 0 Å². The van der Waals surface area contributed by atoms with Gasteiger partial charge in [0.15, 0.2) is 16.3 Å². The lowest BCUT2D eigenvalue weighted by molar-refractivity contribution is 0.284. The minimum absolute atomic E-state index is 0.00858. The number of halogens is 1. The van der Waals surface area contributed by atoms with E-state index >= 15 is 0 Å². The Morgan fingerprint density at radius 2 is 2.11 bits per heavy atom. The van der Waals surface area contributed by atoms with Crippen molar-refractivity contribution in [3.63, 3.8) is 0 Å². The first-order valence-electron chi connectivity index (χ1n) is 8.46. The van der Waals surface area contributed by atoms with Crippen LogP contribution in [0.4, 0.5) is 0 Å². The van der Waals surface area contributed by atoms with E-state index in [-0.39, 0.29) is 5.56 Å². The maximum absolute atomic E-state index is 12.4. The van der Waals surface area contributed by atoms with Gasteiger partial charge in [0.1, 0.15) is 6.61 Å². The van der Waals surface area contributed by atoms with Crippen LogP contribution in [0.25, 0.3) is 6.08 Å². The van der Waals surface area contributed by atoms with Gasteiger partial charge in [-0.15, -0.1) is 0 Å². The van der Waals surface area contributed by atoms with E-state index in [0.717, 1.165) is 15.9 Å². The van der Waals surface area contributed by atoms with Crippen molar-refractivity contribution < 1.29 is 9.47 Å². The summed E-state index contributed by atoms with van der Waals surface area (Å²) in [7, 11) is 1.59. The predicted octanol–water partition coefficient (Wildman–Crippen LogP) is 2.61. The molecule has 1 aliphatic rings. The maximum Gasteiger partial charge on any atom is 0.270 e. The number of methoxy groups -OCH3 is 1. The molecular weight excluding hydrogens is 384 g/mol. The lowest BCUT2D eigenvalue weighted by Crippen LogP contribution is -2.29. The molecule has 0 unspecified atom stereocenters. The van der Waals surface area contributed by atoms with Gasteiger partial charge in [-0.1, -0.05) is 47.2 Å². The fraction of sp³-hybridized carbons (Fsp3) is 0.200. The van der Waals surface area contributed by atoms with Crippen LogP contribution in [0, 0.1) is 0 Å². The SMILES string of the molecule is COc1cc(/C=c2\sc3n(c2=O)CCN=3)ccc1OCc1ccccc1Cl. The number of rotatable bonds is 5. The standard InChI is InChI=1S/C20H17ClN2O3S/c1-25-17-10-13(11-18-19(24)23-9-8-22-20(23)27-18)6-7-16(17)26-12-14-4-2-3-5-15(14)21/h2-7,10-11H,8-9,12H2,1H3/b18-11-. The van der Waals surface area contributed by atoms with Crippen molar-refractivity contribution in [3.8, 4) is 11.5 Å². The largest absolute Gasteiger partial charge is 0.493 e. The van der Waals surface area contributed by atoms with Crippen LogP contribution < -0.4 is 24.4 Å². The summed E-state index contributed by atoms with van der Waals surface area (Å²) < 4.78 is 13.7. The summed E-state index contributed by atoms with van der Waals surface area (Å²) in [5.41, 5.74) is 1.78. The Labute approximate surface area is 164 Å². The molecule has 5 nitrogen and oxygen atoms in total. The summed E-state index contributed by atoms with van der Waals surface area (Å²) in [5, 5.41) is 0.665. The molecule has 0 radical (unpaired) electrons. The average Bonchev–Trinajstić information content (AvgIpc) is 3.25. The Morgan fingerprint density at radius 3 is 2.89 bits per heavy atom. The van der Waals surface area contributed by atoms with E-state index in [1.165, 1.54) is 11.3 Å². The molecule has 0 bridgehead atoms. The number of hydrogen-bond donors (Lipinski definition) is 0. The van der Waals surface area contributed by atoms with Gasteiger partial charge in [0.05, 0.1) is 18.2 Å². The summed E-state index contributed by atoms with van der Waals surface area (Å²) in [6.45, 7) is 1.70. The van der Waals surface area contributed by atoms with Crippen LogP contribution in [0.3, 0.4) is 0 Å². The van der Waals surface area contributed by atoms with E-state index in [1.54, 1.807) is 11.7 Å². The van der Waals surface area contributed by atoms with E-state index in [1.807, 2.05) is 48.5 Å². The van der Waals surface area contributed by atoms with Gasteiger partial charge in [0.25, 0.3) is 5.56 Å². The molecule has 0 amide bonds. The third-order valence-electron chi connectivity index (χ3n) is 4.29. The second-order valence-electron chi connectivity index (χ2n) is 6.02. The van der Waals surface area contributed by atoms with Crippen molar-refractivity contribution in [3.05, 3.63) is 78.3 Å². The molecule has 1 aliphatic heterocycles. The third-order valence-corrected chi connectivity index (χ3v) is 5.70. The number of ether oxygens (including phenoxy) is 2. The summed E-state index contributed by atoms with van der Waals surface area (Å²) in [6.07, 6.45) is 1.86. The molecule has 0 saturated heterocycles. The second-order valence-corrected chi connectivity index (χ2v) is 7.44. The van der Waals surface area contributed by atoms with Gasteiger partial charge in [-0.05, 0) is 29.8 Å². The summed E-state index contributed by atoms with van der Waals surface area (Å²) in [5.74, 6) is 1.22. The first kappa shape index (κ1) is 17.8. The Kier molecular flexibility index (Phi) is 5.01. The first-order valence-corrected chi connectivity index (χ1v) is 9.65. The van der Waals surface area contributed by atoms with E-state index in [9.17, 15) is 4.79 Å². The van der Waals surface area contributed by atoms with Crippen molar-refractivity contribution in [2.45, 2.75) is 13.2 Å². The Hall–Kier alpha value is -2.57. The Balaban J connectivity index is 1.61. The van der Waals surface area contributed by atoms with Crippen LogP contribution in [0.15, 0.2) is 52.3 Å². The van der Waals surface area contributed by atoms with Crippen LogP contribution in [0.2, 0.25) is 5.02 Å². The van der Waals surface area contributed by atoms with Gasteiger partial charge in [0, 0.05) is 17.1 Å². The topological polar surface area (TPSA) is 52.8 Å². The Morgan fingerprint density at radius 1 is 1.26 bits per heavy atom. The molecule has 0 spiro atoms. The highest BCUT2D eigenvalue weighted by Crippen LogP contribution is 2.29. The average molecular weight is 401 g/mol. The van der Waals surface area contributed by atoms with Gasteiger partial charge in [-0.3, -0.25) is 14.4 Å². The van der Waals surface area contributed by atoms with Gasteiger partial charge in [-0.2, -0.15) is 0 Å². The van der Waals surface area contributed by atoms with Gasteiger partial charge < -0.3 is 9.47 Å². The molecule has 2 aromatic carbocycles. The van der Waals surface area contributed by atoms with Crippen LogP contribution in [-0.4, -0.2) is 18.2 Å². The number of benzene rings is 2. The fourth-order valence-electron chi connectivity index (χ4n) is 2.88. The highest BCUT2D eigenvalue weighted by Gasteiger charge is 2.11. The number of thiazole rings is 1. The Bertz CT molecular complexity index is 1170. The highest BCUT2D eigenvalue weighted by molar-refractivity contribution is 7.07. The van der Waals surface area contributed by atoms with Gasteiger partial charge in [0.2, 0.25) is 0 Å². The minimum atomic E-state index is 0.00858. The van der Waals surface area contributed by atoms with Crippen molar-refractivity contribution in [1.82, 2.24) is 4.57 Å². The molecular formula is C20H17ClN2O3S. The van der Waals surface area contributed by atoms with E-state index in [0.29, 0.717) is 40.8 Å². The van der Waals surface area contributed by atoms with E-state index in [4.69, 9.17) is 21.1 Å². The summed E-state index contributed by atoms with van der Waals surface area (Å²) >= 11 is 7.58. The molecule has 3 aromatic rings. The molecule has 138 valence electrons. The normalized spacial score (nSPS) is 13.3. The maximum atomic E-state index is 12.4. The minimum Gasteiger partial charge on any atom is -0.493 e. The highest BCUT2D eigenvalue weighted by atomic mass is 35.5. The predicted molar refractivity (Wildman–Crippen MR) is 107 cm³/mol. The zero-order valence-corrected chi connectivity index (χ0v) is 16.2. The van der Waals surface area contributed by atoms with Crippen LogP contribution >= 0.6 is 22.9 Å². The molecule has 7 heteroatoms. The van der Waals surface area contributed by atoms with Crippen molar-refractivity contribution in [1.29, 1.82) is 0 Å². The zero-order chi connectivity index (χ0) is 18.8. The summed E-state index contributed by atoms with van der Waals surface area (Å²) in [6, 6.07) is 13.1. The molecule has 0 aliphatic carbocycles. The van der Waals surface area contributed by atoms with Crippen LogP contribution in [0.5, 0.6) is 11.5 Å². The monoisotopic (exact) mass is 400 g/mol. The fourth-order valence-corrected chi connectivity index (χ4v) is 4.10. The van der Waals surface area contributed by atoms with Crippen molar-refractivity contribution in [2.75, 3.05) is 13.7 Å². The van der Waals surface area contributed by atoms with Crippen molar-refractivity contribution in [2.24, 2.45) is 4.99 Å². The van der Waals surface area contributed by atoms with E-state index in [2.05, 4.69) is 4.99 Å². The molecule has 27 heavy (non-hydrogen) atoms. The molecule has 0 fully saturated rings. The lowest BCUT2D eigenvalue weighted by Gasteiger charge is -2.12. The lowest BCUT2D eigenvalue weighted by atomic mass is 10.2. The molecule has 0 saturated carbocycles. The number of aromatic nitrogens is 1. The summed E-state index contributed by atoms with van der Waals surface area (Å²) in [4.78, 5) is 17.5. The molecule has 1 aromatic heterocycles. The second kappa shape index (κ2) is 7.58. The smallest absolute Gasteiger partial charge is 0.270 e. The number of fused-ring (bicyclic) bond motifs is 1. The van der Waals surface area contributed by atoms with Gasteiger partial charge in [-0.25, -0.2) is 0 Å². The quantitative estimate of drug-likeness (QED) is 0.661. The van der Waals surface area contributed by atoms with Crippen LogP contribution in [0.1, 0.15) is 11.1 Å². The van der Waals surface area contributed by atoms with Gasteiger partial charge >= 0.3 is 0 Å². The molecule has 0 N–H and O–H groups in total. The number of nitrogens with zero attached hydrogens (tertiary/aromatic N) is 2. The van der Waals surface area contributed by atoms with Crippen molar-refractivity contribution >= 4 is 29.0 Å². The zero-order valence-electron chi connectivity index (χ0n) is 14.6. The number of hydrogen-bond acceptors (Lipinski definition) is 5. The molecule has 0 atom stereocenters.